The van der Waals surface area contributed by atoms with Crippen molar-refractivity contribution in [3.63, 3.8) is 0 Å². The maximum Gasteiger partial charge on any atom is 1.00 e. The number of benzene rings is 3. The SMILES string of the molecule is COc1cc([N+](=O)[O-])ccc1-[n+]1nc(-c2ccc(OS(=O)[O-])cc2OS(=O)[O-])nn1-c1ccc([N+](=O)[O-])cc1.[Na+]. The molecule has 2 atom stereocenters. The zero-order valence-electron chi connectivity index (χ0n) is 20.3. The van der Waals surface area contributed by atoms with E-state index in [1.54, 1.807) is 0 Å². The Hall–Kier alpha value is -3.85. The number of ether oxygens (including phenoxy) is 1. The Labute approximate surface area is 250 Å². The summed E-state index contributed by atoms with van der Waals surface area (Å²) in [6.45, 7) is 0. The van der Waals surface area contributed by atoms with Crippen LogP contribution < -0.4 is 47.5 Å². The average molecular weight is 600 g/mol. The van der Waals surface area contributed by atoms with Crippen molar-refractivity contribution in [2.24, 2.45) is 0 Å². The molecule has 40 heavy (non-hydrogen) atoms. The molecule has 4 aromatic rings. The molecular formula is C20H13N6NaO11S2. The molecule has 0 N–H and O–H groups in total. The summed E-state index contributed by atoms with van der Waals surface area (Å²) in [5.74, 6) is -0.818. The quantitative estimate of drug-likeness (QED) is 0.0656. The Morgan fingerprint density at radius 2 is 1.48 bits per heavy atom. The standard InChI is InChI=1S/C20H14N6O11S2.Na/c1-35-19-10-14(26(29)30)6-9-17(19)24-22-20(21-23(24)12-2-4-13(5-3-12)25(27)28)16-8-7-15(36-38(31)32)11-18(16)37-39(33)34;/h2-11H,1H3,(H-,31,32,33,34);/q;+1/p-1. The van der Waals surface area contributed by atoms with Crippen LogP contribution in [0, 0.1) is 20.2 Å². The van der Waals surface area contributed by atoms with Crippen LogP contribution in [0.2, 0.25) is 0 Å². The number of methoxy groups -OCH3 is 1. The second-order valence-corrected chi connectivity index (χ2v) is 8.37. The van der Waals surface area contributed by atoms with Crippen LogP contribution in [0.15, 0.2) is 60.7 Å². The summed E-state index contributed by atoms with van der Waals surface area (Å²) >= 11 is -6.05. The maximum absolute atomic E-state index is 11.3. The van der Waals surface area contributed by atoms with Crippen LogP contribution in [0.1, 0.15) is 0 Å². The number of hydrogen-bond donors (Lipinski definition) is 0. The Balaban J connectivity index is 0.00000441. The topological polar surface area (TPSA) is 229 Å². The van der Waals surface area contributed by atoms with E-state index in [4.69, 9.17) is 8.92 Å². The van der Waals surface area contributed by atoms with E-state index in [9.17, 15) is 37.8 Å². The van der Waals surface area contributed by atoms with E-state index in [1.807, 2.05) is 0 Å². The minimum Gasteiger partial charge on any atom is -0.740 e. The summed E-state index contributed by atoms with van der Waals surface area (Å²) in [6.07, 6.45) is 0. The molecule has 0 amide bonds. The molecule has 0 aliphatic heterocycles. The van der Waals surface area contributed by atoms with Crippen molar-refractivity contribution in [1.82, 2.24) is 15.0 Å². The molecule has 0 saturated carbocycles. The van der Waals surface area contributed by atoms with E-state index in [-0.39, 0.29) is 75.2 Å². The van der Waals surface area contributed by atoms with E-state index in [0.717, 1.165) is 21.7 Å². The van der Waals surface area contributed by atoms with E-state index in [2.05, 4.69) is 14.4 Å². The third-order valence-corrected chi connectivity index (χ3v) is 5.60. The van der Waals surface area contributed by atoms with E-state index >= 15 is 0 Å². The van der Waals surface area contributed by atoms with Crippen LogP contribution >= 0.6 is 0 Å². The van der Waals surface area contributed by atoms with Gasteiger partial charge in [0.2, 0.25) is 5.69 Å². The second kappa shape index (κ2) is 13.0. The predicted molar refractivity (Wildman–Crippen MR) is 127 cm³/mol. The molecule has 4 rings (SSSR count). The zero-order chi connectivity index (χ0) is 28.3. The Bertz CT molecular complexity index is 1630. The van der Waals surface area contributed by atoms with Crippen molar-refractivity contribution >= 4 is 34.1 Å². The molecule has 0 spiro atoms. The first-order valence-corrected chi connectivity index (χ1v) is 12.2. The fourth-order valence-corrected chi connectivity index (χ4v) is 3.87. The van der Waals surface area contributed by atoms with Crippen LogP contribution in [-0.2, 0) is 22.7 Å². The summed E-state index contributed by atoms with van der Waals surface area (Å²) in [5.41, 5.74) is -0.122. The first kappa shape index (κ1) is 30.7. The number of nitrogens with zero attached hydrogens (tertiary/aromatic N) is 6. The number of tetrazole rings is 1. The number of rotatable bonds is 10. The monoisotopic (exact) mass is 600 g/mol. The molecule has 1 aromatic heterocycles. The normalized spacial score (nSPS) is 12.1. The first-order valence-electron chi connectivity index (χ1n) is 10.2. The number of hydrogen-bond acceptors (Lipinski definition) is 13. The summed E-state index contributed by atoms with van der Waals surface area (Å²) < 4.78 is 59.0. The van der Waals surface area contributed by atoms with Gasteiger partial charge in [0.15, 0.2) is 11.5 Å². The van der Waals surface area contributed by atoms with Crippen LogP contribution in [0.4, 0.5) is 11.4 Å². The molecule has 20 heteroatoms. The molecule has 0 fully saturated rings. The minimum absolute atomic E-state index is 0. The molecular weight excluding hydrogens is 587 g/mol. The molecule has 0 radical (unpaired) electrons. The number of nitro groups is 2. The molecule has 0 saturated heterocycles. The number of non-ortho nitro benzene ring substituents is 2. The maximum atomic E-state index is 11.3. The van der Waals surface area contributed by atoms with Gasteiger partial charge >= 0.3 is 35.4 Å². The van der Waals surface area contributed by atoms with Crippen molar-refractivity contribution in [1.29, 1.82) is 0 Å². The third-order valence-electron chi connectivity index (χ3n) is 4.96. The molecule has 0 bridgehead atoms. The van der Waals surface area contributed by atoms with Crippen LogP contribution in [0.5, 0.6) is 17.2 Å². The van der Waals surface area contributed by atoms with Gasteiger partial charge in [-0.05, 0) is 34.2 Å². The Kier molecular flexibility index (Phi) is 9.98. The van der Waals surface area contributed by atoms with Crippen molar-refractivity contribution in [2.45, 2.75) is 0 Å². The van der Waals surface area contributed by atoms with Crippen LogP contribution in [-0.4, -0.2) is 49.5 Å². The van der Waals surface area contributed by atoms with Gasteiger partial charge in [0, 0.05) is 35.1 Å². The van der Waals surface area contributed by atoms with E-state index in [0.29, 0.717) is 0 Å². The van der Waals surface area contributed by atoms with Gasteiger partial charge in [-0.15, -0.1) is 0 Å². The van der Waals surface area contributed by atoms with Gasteiger partial charge in [-0.3, -0.25) is 20.2 Å². The molecule has 0 aliphatic carbocycles. The fourth-order valence-electron chi connectivity index (χ4n) is 3.33. The van der Waals surface area contributed by atoms with Crippen molar-refractivity contribution < 1.29 is 74.8 Å². The summed E-state index contributed by atoms with van der Waals surface area (Å²) in [5, 5.41) is 31.1. The summed E-state index contributed by atoms with van der Waals surface area (Å²) in [4.78, 5) is 23.4. The molecule has 3 aromatic carbocycles. The smallest absolute Gasteiger partial charge is 0.740 e. The van der Waals surface area contributed by atoms with Gasteiger partial charge in [0.25, 0.3) is 11.4 Å². The molecule has 1 heterocycles. The Morgan fingerprint density at radius 3 is 2.05 bits per heavy atom. The predicted octanol–water partition coefficient (Wildman–Crippen LogP) is -1.61. The van der Waals surface area contributed by atoms with Gasteiger partial charge in [0.1, 0.15) is 34.2 Å². The number of aromatic nitrogens is 4. The molecule has 202 valence electrons. The summed E-state index contributed by atoms with van der Waals surface area (Å²) in [6, 6.07) is 12.2. The van der Waals surface area contributed by atoms with Gasteiger partial charge in [-0.25, -0.2) is 8.42 Å². The van der Waals surface area contributed by atoms with Gasteiger partial charge in [-0.1, -0.05) is 0 Å². The third kappa shape index (κ3) is 6.83. The van der Waals surface area contributed by atoms with Gasteiger partial charge in [-0.2, -0.15) is 0 Å². The minimum atomic E-state index is -3.09. The van der Waals surface area contributed by atoms with Crippen molar-refractivity contribution in [2.75, 3.05) is 7.11 Å². The fraction of sp³-hybridized carbons (Fsp3) is 0.0500. The van der Waals surface area contributed by atoms with Crippen molar-refractivity contribution in [3.8, 4) is 40.0 Å². The zero-order valence-corrected chi connectivity index (χ0v) is 23.9. The number of nitro benzene ring substituents is 2. The summed E-state index contributed by atoms with van der Waals surface area (Å²) in [7, 11) is 1.27. The molecule has 2 unspecified atom stereocenters. The van der Waals surface area contributed by atoms with Crippen LogP contribution in [0.3, 0.4) is 0 Å². The van der Waals surface area contributed by atoms with E-state index < -0.39 is 38.3 Å². The van der Waals surface area contributed by atoms with E-state index in [1.165, 1.54) is 55.6 Å². The van der Waals surface area contributed by atoms with Crippen LogP contribution in [0.25, 0.3) is 22.8 Å². The second-order valence-electron chi connectivity index (χ2n) is 7.22. The largest absolute Gasteiger partial charge is 1.00 e. The molecule has 0 aliphatic rings. The first-order chi connectivity index (χ1) is 18.6. The average Bonchev–Trinajstić information content (AvgIpc) is 3.32. The molecule has 17 nitrogen and oxygen atoms in total. The van der Waals surface area contributed by atoms with Crippen molar-refractivity contribution in [3.05, 3.63) is 80.9 Å². The van der Waals surface area contributed by atoms with Gasteiger partial charge < -0.3 is 22.2 Å². The van der Waals surface area contributed by atoms with Gasteiger partial charge in [0.05, 0.1) is 33.7 Å². The Morgan fingerprint density at radius 1 is 0.850 bits per heavy atom.